The van der Waals surface area contributed by atoms with Crippen molar-refractivity contribution in [2.75, 3.05) is 39.8 Å². The molecule has 1 atom stereocenters. The first-order valence-corrected chi connectivity index (χ1v) is 6.87. The van der Waals surface area contributed by atoms with Crippen LogP contribution in [0.3, 0.4) is 0 Å². The number of amides is 1. The highest BCUT2D eigenvalue weighted by Gasteiger charge is 2.22. The molecule has 1 unspecified atom stereocenters. The van der Waals surface area contributed by atoms with E-state index in [4.69, 9.17) is 0 Å². The van der Waals surface area contributed by atoms with E-state index in [9.17, 15) is 4.79 Å². The Hall–Kier alpha value is -0.610. The van der Waals surface area contributed by atoms with Crippen LogP contribution in [-0.4, -0.2) is 61.5 Å². The van der Waals surface area contributed by atoms with Crippen molar-refractivity contribution < 1.29 is 4.79 Å². The minimum absolute atomic E-state index is 0.242. The average molecular weight is 241 g/mol. The second kappa shape index (κ2) is 7.67. The number of rotatable bonds is 6. The van der Waals surface area contributed by atoms with Crippen LogP contribution in [0.1, 0.15) is 33.1 Å². The predicted molar refractivity (Wildman–Crippen MR) is 71.1 cm³/mol. The van der Waals surface area contributed by atoms with Crippen LogP contribution < -0.4 is 5.32 Å². The highest BCUT2D eigenvalue weighted by molar-refractivity contribution is 5.77. The minimum Gasteiger partial charge on any atom is -0.345 e. The SMILES string of the molecule is CCCN(CC(=O)N(C)CC)C1CCCNC1. The summed E-state index contributed by atoms with van der Waals surface area (Å²) in [6.07, 6.45) is 3.55. The Morgan fingerprint density at radius 1 is 1.41 bits per heavy atom. The van der Waals surface area contributed by atoms with Crippen molar-refractivity contribution in [1.29, 1.82) is 0 Å². The van der Waals surface area contributed by atoms with Crippen molar-refractivity contribution in [1.82, 2.24) is 15.1 Å². The average Bonchev–Trinajstić information content (AvgIpc) is 2.38. The summed E-state index contributed by atoms with van der Waals surface area (Å²) in [7, 11) is 1.88. The summed E-state index contributed by atoms with van der Waals surface area (Å²) >= 11 is 0. The molecule has 1 fully saturated rings. The number of hydrogen-bond donors (Lipinski definition) is 1. The molecule has 0 spiro atoms. The van der Waals surface area contributed by atoms with Crippen molar-refractivity contribution in [3.05, 3.63) is 0 Å². The molecule has 4 heteroatoms. The van der Waals surface area contributed by atoms with Crippen molar-refractivity contribution in [2.24, 2.45) is 0 Å². The van der Waals surface area contributed by atoms with E-state index in [-0.39, 0.29) is 5.91 Å². The minimum atomic E-state index is 0.242. The summed E-state index contributed by atoms with van der Waals surface area (Å²) < 4.78 is 0. The van der Waals surface area contributed by atoms with E-state index in [1.807, 2.05) is 14.0 Å². The first kappa shape index (κ1) is 14.5. The summed E-state index contributed by atoms with van der Waals surface area (Å²) in [5.41, 5.74) is 0. The van der Waals surface area contributed by atoms with E-state index in [1.165, 1.54) is 12.8 Å². The molecule has 1 amide bonds. The van der Waals surface area contributed by atoms with E-state index >= 15 is 0 Å². The van der Waals surface area contributed by atoms with Crippen LogP contribution in [0.25, 0.3) is 0 Å². The zero-order chi connectivity index (χ0) is 12.7. The third kappa shape index (κ3) is 4.64. The van der Waals surface area contributed by atoms with Gasteiger partial charge in [-0.2, -0.15) is 0 Å². The second-order valence-electron chi connectivity index (χ2n) is 4.88. The van der Waals surface area contributed by atoms with Gasteiger partial charge in [-0.15, -0.1) is 0 Å². The van der Waals surface area contributed by atoms with Gasteiger partial charge in [-0.1, -0.05) is 6.92 Å². The second-order valence-corrected chi connectivity index (χ2v) is 4.88. The molecule has 1 rings (SSSR count). The molecule has 1 N–H and O–H groups in total. The molecule has 0 aromatic rings. The maximum Gasteiger partial charge on any atom is 0.236 e. The largest absolute Gasteiger partial charge is 0.345 e. The molecule has 1 heterocycles. The van der Waals surface area contributed by atoms with E-state index in [0.29, 0.717) is 12.6 Å². The molecule has 0 aromatic carbocycles. The van der Waals surface area contributed by atoms with Crippen LogP contribution in [-0.2, 0) is 4.79 Å². The highest BCUT2D eigenvalue weighted by atomic mass is 16.2. The molecule has 0 aliphatic carbocycles. The van der Waals surface area contributed by atoms with Crippen LogP contribution >= 0.6 is 0 Å². The van der Waals surface area contributed by atoms with Gasteiger partial charge in [-0.25, -0.2) is 0 Å². The molecular formula is C13H27N3O. The van der Waals surface area contributed by atoms with Gasteiger partial charge in [0.25, 0.3) is 0 Å². The third-order valence-electron chi connectivity index (χ3n) is 3.54. The first-order chi connectivity index (χ1) is 8.19. The molecular weight excluding hydrogens is 214 g/mol. The zero-order valence-electron chi connectivity index (χ0n) is 11.5. The van der Waals surface area contributed by atoms with Crippen LogP contribution in [0, 0.1) is 0 Å². The van der Waals surface area contributed by atoms with Crippen molar-refractivity contribution in [3.8, 4) is 0 Å². The van der Waals surface area contributed by atoms with Crippen molar-refractivity contribution in [3.63, 3.8) is 0 Å². The molecule has 0 bridgehead atoms. The Morgan fingerprint density at radius 2 is 2.18 bits per heavy atom. The van der Waals surface area contributed by atoms with E-state index in [2.05, 4.69) is 17.1 Å². The number of nitrogens with one attached hydrogen (secondary N) is 1. The predicted octanol–water partition coefficient (Wildman–Crippen LogP) is 0.929. The Bertz CT molecular complexity index is 227. The fourth-order valence-electron chi connectivity index (χ4n) is 2.29. The Balaban J connectivity index is 2.49. The third-order valence-corrected chi connectivity index (χ3v) is 3.54. The molecule has 1 aliphatic rings. The quantitative estimate of drug-likeness (QED) is 0.751. The van der Waals surface area contributed by atoms with E-state index in [0.717, 1.165) is 32.6 Å². The zero-order valence-corrected chi connectivity index (χ0v) is 11.5. The van der Waals surface area contributed by atoms with Gasteiger partial charge >= 0.3 is 0 Å². The van der Waals surface area contributed by atoms with Crippen LogP contribution in [0.15, 0.2) is 0 Å². The maximum atomic E-state index is 12.0. The molecule has 1 aliphatic heterocycles. The maximum absolute atomic E-state index is 12.0. The van der Waals surface area contributed by atoms with Crippen molar-refractivity contribution in [2.45, 2.75) is 39.2 Å². The molecule has 0 aromatic heterocycles. The monoisotopic (exact) mass is 241 g/mol. The molecule has 0 radical (unpaired) electrons. The van der Waals surface area contributed by atoms with Crippen LogP contribution in [0.5, 0.6) is 0 Å². The number of hydrogen-bond acceptors (Lipinski definition) is 3. The summed E-state index contributed by atoms with van der Waals surface area (Å²) in [6, 6.07) is 0.540. The number of nitrogens with zero attached hydrogens (tertiary/aromatic N) is 2. The smallest absolute Gasteiger partial charge is 0.236 e. The van der Waals surface area contributed by atoms with Gasteiger partial charge in [-0.3, -0.25) is 9.69 Å². The van der Waals surface area contributed by atoms with Gasteiger partial charge in [0.05, 0.1) is 6.54 Å². The van der Waals surface area contributed by atoms with Gasteiger partial charge in [0.2, 0.25) is 5.91 Å². The number of carbonyl (C=O) groups is 1. The van der Waals surface area contributed by atoms with Crippen LogP contribution in [0.4, 0.5) is 0 Å². The van der Waals surface area contributed by atoms with Gasteiger partial charge in [-0.05, 0) is 39.3 Å². The number of piperidine rings is 1. The van der Waals surface area contributed by atoms with Crippen LogP contribution in [0.2, 0.25) is 0 Å². The van der Waals surface area contributed by atoms with E-state index in [1.54, 1.807) is 4.90 Å². The van der Waals surface area contributed by atoms with E-state index < -0.39 is 0 Å². The summed E-state index contributed by atoms with van der Waals surface area (Å²) in [5, 5.41) is 3.42. The molecule has 4 nitrogen and oxygen atoms in total. The van der Waals surface area contributed by atoms with Gasteiger partial charge in [0.1, 0.15) is 0 Å². The number of carbonyl (C=O) groups excluding carboxylic acids is 1. The Labute approximate surface area is 105 Å². The summed E-state index contributed by atoms with van der Waals surface area (Å²) in [6.45, 7) is 8.74. The molecule has 17 heavy (non-hydrogen) atoms. The first-order valence-electron chi connectivity index (χ1n) is 6.87. The normalized spacial score (nSPS) is 20.6. The molecule has 100 valence electrons. The lowest BCUT2D eigenvalue weighted by atomic mass is 10.1. The summed E-state index contributed by atoms with van der Waals surface area (Å²) in [4.78, 5) is 16.1. The van der Waals surface area contributed by atoms with Crippen molar-refractivity contribution >= 4 is 5.91 Å². The number of likely N-dealkylation sites (N-methyl/N-ethyl adjacent to an activating group) is 1. The Kier molecular flexibility index (Phi) is 6.52. The fourth-order valence-corrected chi connectivity index (χ4v) is 2.29. The fraction of sp³-hybridized carbons (Fsp3) is 0.923. The molecule has 1 saturated heterocycles. The molecule has 0 saturated carbocycles. The highest BCUT2D eigenvalue weighted by Crippen LogP contribution is 2.11. The van der Waals surface area contributed by atoms with Gasteiger partial charge in [0.15, 0.2) is 0 Å². The van der Waals surface area contributed by atoms with Gasteiger partial charge in [0, 0.05) is 26.2 Å². The van der Waals surface area contributed by atoms with Gasteiger partial charge < -0.3 is 10.2 Å². The topological polar surface area (TPSA) is 35.6 Å². The summed E-state index contributed by atoms with van der Waals surface area (Å²) in [5.74, 6) is 0.242. The Morgan fingerprint density at radius 3 is 2.71 bits per heavy atom. The standard InChI is InChI=1S/C13H27N3O/c1-4-9-16(11-13(17)15(3)5-2)12-7-6-8-14-10-12/h12,14H,4-11H2,1-3H3. The lowest BCUT2D eigenvalue weighted by Crippen LogP contribution is -2.50. The lowest BCUT2D eigenvalue weighted by Gasteiger charge is -2.34. The lowest BCUT2D eigenvalue weighted by molar-refractivity contribution is -0.131.